The zero-order valence-electron chi connectivity index (χ0n) is 12.3. The molecule has 0 aromatic carbocycles. The van der Waals surface area contributed by atoms with Crippen LogP contribution >= 0.6 is 11.3 Å². The predicted octanol–water partition coefficient (Wildman–Crippen LogP) is 2.45. The number of rotatable bonds is 2. The second-order valence-corrected chi connectivity index (χ2v) is 7.00. The van der Waals surface area contributed by atoms with Crippen LogP contribution in [0.2, 0.25) is 0 Å². The predicted molar refractivity (Wildman–Crippen MR) is 77.4 cm³/mol. The van der Waals surface area contributed by atoms with E-state index in [9.17, 15) is 9.90 Å². The van der Waals surface area contributed by atoms with E-state index in [1.807, 2.05) is 32.9 Å². The Morgan fingerprint density at radius 3 is 2.65 bits per heavy atom. The molecule has 1 amide bonds. The fourth-order valence-corrected chi connectivity index (χ4v) is 3.16. The third kappa shape index (κ3) is 3.43. The Hall–Kier alpha value is -1.27. The van der Waals surface area contributed by atoms with Gasteiger partial charge >= 0.3 is 6.09 Å². The molecule has 112 valence electrons. The summed E-state index contributed by atoms with van der Waals surface area (Å²) in [6.45, 7) is 6.27. The van der Waals surface area contributed by atoms with Gasteiger partial charge in [-0.2, -0.15) is 0 Å². The molecular formula is C14H21NO4S. The average molecular weight is 299 g/mol. The molecule has 0 bridgehead atoms. The van der Waals surface area contributed by atoms with Crippen LogP contribution in [0.15, 0.2) is 12.1 Å². The minimum atomic E-state index is -0.564. The van der Waals surface area contributed by atoms with Gasteiger partial charge in [0.05, 0.1) is 19.8 Å². The van der Waals surface area contributed by atoms with Gasteiger partial charge in [0.1, 0.15) is 5.60 Å². The van der Waals surface area contributed by atoms with Crippen LogP contribution in [0.25, 0.3) is 0 Å². The van der Waals surface area contributed by atoms with Crippen LogP contribution in [-0.2, 0) is 4.74 Å². The Kier molecular flexibility index (Phi) is 4.25. The number of likely N-dealkylation sites (tertiary alicyclic amines) is 1. The van der Waals surface area contributed by atoms with Crippen molar-refractivity contribution in [2.75, 3.05) is 20.2 Å². The minimum Gasteiger partial charge on any atom is -0.487 e. The lowest BCUT2D eigenvalue weighted by Crippen LogP contribution is -2.35. The Morgan fingerprint density at radius 2 is 2.10 bits per heavy atom. The number of hydrogen-bond acceptors (Lipinski definition) is 5. The molecule has 2 rings (SSSR count). The van der Waals surface area contributed by atoms with Crippen LogP contribution in [0.3, 0.4) is 0 Å². The van der Waals surface area contributed by atoms with Gasteiger partial charge in [0.25, 0.3) is 0 Å². The molecular weight excluding hydrogens is 278 g/mol. The number of carbonyl (C=O) groups excluding carboxylic acids is 1. The third-order valence-corrected chi connectivity index (χ3v) is 4.29. The van der Waals surface area contributed by atoms with Crippen molar-refractivity contribution in [2.45, 2.75) is 38.4 Å². The standard InChI is InChI=1S/C14H21NO4S/c1-14(2,3)19-13(17)15-7-9(10(16)8-15)11-5-6-12(18-4)20-11/h5-6,9-10,16H,7-8H2,1-4H3. The number of carbonyl (C=O) groups is 1. The van der Waals surface area contributed by atoms with Gasteiger partial charge < -0.3 is 19.5 Å². The fraction of sp³-hybridized carbons (Fsp3) is 0.643. The van der Waals surface area contributed by atoms with Gasteiger partial charge in [-0.15, -0.1) is 11.3 Å². The molecule has 0 saturated carbocycles. The van der Waals surface area contributed by atoms with E-state index in [-0.39, 0.29) is 12.0 Å². The van der Waals surface area contributed by atoms with Crippen molar-refractivity contribution in [3.05, 3.63) is 17.0 Å². The quantitative estimate of drug-likeness (QED) is 0.911. The van der Waals surface area contributed by atoms with Gasteiger partial charge in [-0.3, -0.25) is 0 Å². The molecule has 1 aliphatic heterocycles. The van der Waals surface area contributed by atoms with Crippen LogP contribution in [-0.4, -0.2) is 48.0 Å². The molecule has 1 aromatic heterocycles. The Balaban J connectivity index is 2.03. The number of aliphatic hydroxyl groups excluding tert-OH is 1. The second kappa shape index (κ2) is 5.61. The van der Waals surface area contributed by atoms with E-state index < -0.39 is 11.7 Å². The lowest BCUT2D eigenvalue weighted by Gasteiger charge is -2.24. The first kappa shape index (κ1) is 15.1. The fourth-order valence-electron chi connectivity index (χ4n) is 2.19. The van der Waals surface area contributed by atoms with Crippen LogP contribution < -0.4 is 4.74 Å². The Labute approximate surface area is 123 Å². The first-order chi connectivity index (χ1) is 9.30. The van der Waals surface area contributed by atoms with Gasteiger partial charge in [0.15, 0.2) is 5.06 Å². The summed E-state index contributed by atoms with van der Waals surface area (Å²) in [6.07, 6.45) is -0.937. The summed E-state index contributed by atoms with van der Waals surface area (Å²) in [6, 6.07) is 3.82. The summed E-state index contributed by atoms with van der Waals surface area (Å²) in [5.41, 5.74) is -0.522. The zero-order valence-corrected chi connectivity index (χ0v) is 13.1. The van der Waals surface area contributed by atoms with Crippen molar-refractivity contribution in [2.24, 2.45) is 0 Å². The summed E-state index contributed by atoms with van der Waals surface area (Å²) in [4.78, 5) is 14.6. The SMILES string of the molecule is COc1ccc(C2CN(C(=O)OC(C)(C)C)CC2O)s1. The van der Waals surface area contributed by atoms with E-state index in [0.29, 0.717) is 13.1 Å². The van der Waals surface area contributed by atoms with Crippen LogP contribution in [0.4, 0.5) is 4.79 Å². The van der Waals surface area contributed by atoms with Gasteiger partial charge in [0.2, 0.25) is 0 Å². The number of β-amino-alcohol motifs (C(OH)–C–C–N with tert-alkyl or cyclic N) is 1. The van der Waals surface area contributed by atoms with Crippen molar-refractivity contribution in [3.8, 4) is 5.06 Å². The van der Waals surface area contributed by atoms with E-state index in [1.54, 1.807) is 12.0 Å². The minimum absolute atomic E-state index is 0.0728. The monoisotopic (exact) mass is 299 g/mol. The molecule has 1 aromatic rings. The zero-order chi connectivity index (χ0) is 14.9. The number of nitrogens with zero attached hydrogens (tertiary/aromatic N) is 1. The topological polar surface area (TPSA) is 59.0 Å². The molecule has 6 heteroatoms. The molecule has 1 aliphatic rings. The largest absolute Gasteiger partial charge is 0.487 e. The molecule has 0 radical (unpaired) electrons. The van der Waals surface area contributed by atoms with E-state index in [2.05, 4.69) is 0 Å². The van der Waals surface area contributed by atoms with Crippen molar-refractivity contribution in [1.29, 1.82) is 0 Å². The smallest absolute Gasteiger partial charge is 0.410 e. The molecule has 1 saturated heterocycles. The molecule has 20 heavy (non-hydrogen) atoms. The summed E-state index contributed by atoms with van der Waals surface area (Å²) in [5.74, 6) is -0.0728. The van der Waals surface area contributed by atoms with E-state index in [4.69, 9.17) is 9.47 Å². The molecule has 1 fully saturated rings. The summed E-state index contributed by atoms with van der Waals surface area (Å²) >= 11 is 1.50. The molecule has 2 atom stereocenters. The average Bonchev–Trinajstić information content (AvgIpc) is 2.92. The van der Waals surface area contributed by atoms with Crippen molar-refractivity contribution >= 4 is 17.4 Å². The first-order valence-corrected chi connectivity index (χ1v) is 7.41. The van der Waals surface area contributed by atoms with E-state index in [0.717, 1.165) is 9.94 Å². The number of thiophene rings is 1. The van der Waals surface area contributed by atoms with Gasteiger partial charge in [0, 0.05) is 17.3 Å². The van der Waals surface area contributed by atoms with Crippen molar-refractivity contribution in [3.63, 3.8) is 0 Å². The number of methoxy groups -OCH3 is 1. The third-order valence-electron chi connectivity index (χ3n) is 3.11. The molecule has 5 nitrogen and oxygen atoms in total. The highest BCUT2D eigenvalue weighted by Gasteiger charge is 2.37. The number of aliphatic hydroxyl groups is 1. The maximum atomic E-state index is 12.0. The summed E-state index contributed by atoms with van der Waals surface area (Å²) < 4.78 is 10.5. The summed E-state index contributed by atoms with van der Waals surface area (Å²) in [5, 5.41) is 11.0. The van der Waals surface area contributed by atoms with Gasteiger partial charge in [-0.05, 0) is 32.9 Å². The second-order valence-electron chi connectivity index (χ2n) is 5.92. The molecule has 1 N–H and O–H groups in total. The first-order valence-electron chi connectivity index (χ1n) is 6.60. The van der Waals surface area contributed by atoms with E-state index >= 15 is 0 Å². The van der Waals surface area contributed by atoms with Gasteiger partial charge in [-0.25, -0.2) is 4.79 Å². The highest BCUT2D eigenvalue weighted by atomic mass is 32.1. The lowest BCUT2D eigenvalue weighted by molar-refractivity contribution is 0.0270. The van der Waals surface area contributed by atoms with E-state index in [1.165, 1.54) is 11.3 Å². The van der Waals surface area contributed by atoms with Crippen molar-refractivity contribution < 1.29 is 19.4 Å². The molecule has 2 unspecified atom stereocenters. The maximum Gasteiger partial charge on any atom is 0.410 e. The number of ether oxygens (including phenoxy) is 2. The van der Waals surface area contributed by atoms with Crippen LogP contribution in [0.1, 0.15) is 31.6 Å². The van der Waals surface area contributed by atoms with Gasteiger partial charge in [-0.1, -0.05) is 0 Å². The molecule has 0 spiro atoms. The normalized spacial score (nSPS) is 22.9. The summed E-state index contributed by atoms with van der Waals surface area (Å²) in [7, 11) is 1.62. The maximum absolute atomic E-state index is 12.0. The number of amides is 1. The van der Waals surface area contributed by atoms with Crippen LogP contribution in [0.5, 0.6) is 5.06 Å². The Bertz CT molecular complexity index is 480. The number of hydrogen-bond donors (Lipinski definition) is 1. The molecule has 0 aliphatic carbocycles. The molecule has 2 heterocycles. The Morgan fingerprint density at radius 1 is 1.40 bits per heavy atom. The van der Waals surface area contributed by atoms with Crippen LogP contribution in [0, 0.1) is 0 Å². The van der Waals surface area contributed by atoms with Crippen molar-refractivity contribution in [1.82, 2.24) is 4.90 Å². The lowest BCUT2D eigenvalue weighted by atomic mass is 10.1. The highest BCUT2D eigenvalue weighted by Crippen LogP contribution is 2.35. The highest BCUT2D eigenvalue weighted by molar-refractivity contribution is 7.13.